The highest BCUT2D eigenvalue weighted by Crippen LogP contribution is 2.47. The van der Waals surface area contributed by atoms with Crippen molar-refractivity contribution >= 4 is 22.7 Å². The molecule has 0 saturated carbocycles. The van der Waals surface area contributed by atoms with Crippen molar-refractivity contribution in [2.75, 3.05) is 40.8 Å². The molecule has 2 aliphatic heterocycles. The van der Waals surface area contributed by atoms with Crippen LogP contribution in [0, 0.1) is 0 Å². The predicted octanol–water partition coefficient (Wildman–Crippen LogP) is 2.52. The number of piperazine rings is 1. The number of hydrogen-bond donors (Lipinski definition) is 2. The third-order valence-electron chi connectivity index (χ3n) is 7.08. The van der Waals surface area contributed by atoms with Crippen LogP contribution in [0.3, 0.4) is 0 Å². The summed E-state index contributed by atoms with van der Waals surface area (Å²) in [6.07, 6.45) is 0.397. The second-order valence-corrected chi connectivity index (χ2v) is 9.67. The summed E-state index contributed by atoms with van der Waals surface area (Å²) in [6.45, 7) is 3.08. The molecule has 34 heavy (non-hydrogen) atoms. The number of H-pyrrole nitrogens is 1. The highest BCUT2D eigenvalue weighted by atomic mass is 16.5. The topological polar surface area (TPSA) is 89.1 Å². The highest BCUT2D eigenvalue weighted by molar-refractivity contribution is 6.00. The molecule has 3 heterocycles. The molecule has 2 aliphatic rings. The number of phenolic OH excluding ortho intramolecular Hbond substituents is 1. The normalized spacial score (nSPS) is 22.3. The van der Waals surface area contributed by atoms with Crippen LogP contribution in [0.15, 0.2) is 42.5 Å². The van der Waals surface area contributed by atoms with Crippen LogP contribution in [0.25, 0.3) is 10.9 Å². The minimum Gasteiger partial charge on any atom is -0.508 e. The van der Waals surface area contributed by atoms with Crippen LogP contribution in [-0.2, 0) is 16.0 Å². The molecule has 3 aromatic rings. The number of fused-ring (bicyclic) bond motifs is 4. The zero-order valence-corrected chi connectivity index (χ0v) is 20.0. The molecule has 1 aromatic heterocycles. The minimum absolute atomic E-state index is 0.0426. The number of likely N-dealkylation sites (N-methyl/N-ethyl adjacent to an activating group) is 1. The molecule has 2 unspecified atom stereocenters. The van der Waals surface area contributed by atoms with Crippen molar-refractivity contribution in [3.8, 4) is 11.5 Å². The van der Waals surface area contributed by atoms with Crippen LogP contribution in [0.5, 0.6) is 11.5 Å². The summed E-state index contributed by atoms with van der Waals surface area (Å²) in [6, 6.07) is 12.2. The summed E-state index contributed by atoms with van der Waals surface area (Å²) in [5.41, 5.74) is 2.49. The molecule has 2 atom stereocenters. The fourth-order valence-corrected chi connectivity index (χ4v) is 5.40. The number of ether oxygens (including phenoxy) is 1. The molecule has 1 fully saturated rings. The molecule has 5 rings (SSSR count). The molecule has 178 valence electrons. The van der Waals surface area contributed by atoms with E-state index in [0.717, 1.165) is 33.5 Å². The molecule has 1 saturated heterocycles. The lowest BCUT2D eigenvalue weighted by molar-refractivity contribution is -0.167. The van der Waals surface area contributed by atoms with Gasteiger partial charge in [0.25, 0.3) is 0 Å². The Morgan fingerprint density at radius 2 is 2.00 bits per heavy atom. The second-order valence-electron chi connectivity index (χ2n) is 9.67. The Labute approximate surface area is 198 Å². The van der Waals surface area contributed by atoms with Gasteiger partial charge >= 0.3 is 0 Å². The number of phenols is 1. The lowest BCUT2D eigenvalue weighted by Crippen LogP contribution is -2.70. The number of amides is 2. The molecular formula is C26H30N4O4. The first kappa shape index (κ1) is 22.3. The van der Waals surface area contributed by atoms with Crippen LogP contribution >= 0.6 is 0 Å². The Bertz CT molecular complexity index is 1280. The minimum atomic E-state index is -1.05. The Morgan fingerprint density at radius 1 is 1.21 bits per heavy atom. The molecule has 2 amide bonds. The third-order valence-corrected chi connectivity index (χ3v) is 7.08. The molecule has 0 spiro atoms. The van der Waals surface area contributed by atoms with Gasteiger partial charge in [-0.15, -0.1) is 0 Å². The van der Waals surface area contributed by atoms with Crippen molar-refractivity contribution in [1.29, 1.82) is 0 Å². The van der Waals surface area contributed by atoms with Crippen LogP contribution < -0.4 is 4.74 Å². The fourth-order valence-electron chi connectivity index (χ4n) is 5.40. The first-order chi connectivity index (χ1) is 16.2. The number of aromatic hydroxyl groups is 1. The van der Waals surface area contributed by atoms with Crippen LogP contribution in [0.4, 0.5) is 0 Å². The average Bonchev–Trinajstić information content (AvgIpc) is 3.16. The Kier molecular flexibility index (Phi) is 5.28. The number of carbonyl (C=O) groups excluding carboxylic acids is 2. The summed E-state index contributed by atoms with van der Waals surface area (Å²) >= 11 is 0. The standard InChI is InChI=1S/C26H30N4O4/c1-26-14-20-19-13-18(34-4)8-9-21(19)27-23(20)24(16-6-5-7-17(31)12-16)30(26)22(32)15-29(25(26)33)11-10-28(2)3/h5-9,12-13,24,27,31H,10-11,14-15H2,1-4H3. The zero-order chi connectivity index (χ0) is 24.2. The molecule has 2 N–H and O–H groups in total. The number of nitrogens with zero attached hydrogens (tertiary/aromatic N) is 3. The predicted molar refractivity (Wildman–Crippen MR) is 129 cm³/mol. The van der Waals surface area contributed by atoms with Gasteiger partial charge in [-0.1, -0.05) is 12.1 Å². The van der Waals surface area contributed by atoms with E-state index in [0.29, 0.717) is 19.5 Å². The van der Waals surface area contributed by atoms with Gasteiger partial charge in [0.15, 0.2) is 0 Å². The number of benzene rings is 2. The number of carbonyl (C=O) groups is 2. The molecule has 8 heteroatoms. The van der Waals surface area contributed by atoms with Crippen molar-refractivity contribution in [3.63, 3.8) is 0 Å². The number of nitrogens with one attached hydrogen (secondary N) is 1. The van der Waals surface area contributed by atoms with E-state index in [1.807, 2.05) is 50.2 Å². The zero-order valence-electron chi connectivity index (χ0n) is 20.0. The molecule has 2 aromatic carbocycles. The van der Waals surface area contributed by atoms with E-state index in [9.17, 15) is 14.7 Å². The second kappa shape index (κ2) is 8.06. The molecule has 0 bridgehead atoms. The lowest BCUT2D eigenvalue weighted by Gasteiger charge is -2.53. The van der Waals surface area contributed by atoms with Crippen molar-refractivity contribution in [2.45, 2.75) is 24.9 Å². The Balaban J connectivity index is 1.70. The van der Waals surface area contributed by atoms with Crippen molar-refractivity contribution in [1.82, 2.24) is 19.7 Å². The van der Waals surface area contributed by atoms with E-state index < -0.39 is 11.6 Å². The Morgan fingerprint density at radius 3 is 2.71 bits per heavy atom. The van der Waals surface area contributed by atoms with Crippen molar-refractivity contribution in [3.05, 3.63) is 59.3 Å². The number of methoxy groups -OCH3 is 1. The van der Waals surface area contributed by atoms with Gasteiger partial charge in [-0.25, -0.2) is 0 Å². The van der Waals surface area contributed by atoms with E-state index in [1.54, 1.807) is 35.1 Å². The van der Waals surface area contributed by atoms with Gasteiger partial charge in [0.2, 0.25) is 11.8 Å². The summed E-state index contributed by atoms with van der Waals surface area (Å²) in [7, 11) is 5.54. The quantitative estimate of drug-likeness (QED) is 0.608. The van der Waals surface area contributed by atoms with Gasteiger partial charge in [-0.3, -0.25) is 9.59 Å². The average molecular weight is 463 g/mol. The van der Waals surface area contributed by atoms with Gasteiger partial charge in [0.1, 0.15) is 17.0 Å². The van der Waals surface area contributed by atoms with Crippen molar-refractivity contribution < 1.29 is 19.4 Å². The summed E-state index contributed by atoms with van der Waals surface area (Å²) in [5.74, 6) is 0.694. The molecular weight excluding hydrogens is 432 g/mol. The van der Waals surface area contributed by atoms with Gasteiger partial charge in [0.05, 0.1) is 19.7 Å². The number of aromatic amines is 1. The number of rotatable bonds is 5. The van der Waals surface area contributed by atoms with Crippen LogP contribution in [0.2, 0.25) is 0 Å². The van der Waals surface area contributed by atoms with E-state index in [1.165, 1.54) is 0 Å². The van der Waals surface area contributed by atoms with Gasteiger partial charge < -0.3 is 29.5 Å². The number of hydrogen-bond acceptors (Lipinski definition) is 5. The van der Waals surface area contributed by atoms with E-state index in [-0.39, 0.29) is 24.1 Å². The highest BCUT2D eigenvalue weighted by Gasteiger charge is 2.55. The SMILES string of the molecule is COc1ccc2[nH]c3c(c2c1)CC1(C)C(=O)N(CCN(C)C)CC(=O)N1C3c1cccc(O)c1. The van der Waals surface area contributed by atoms with Crippen molar-refractivity contribution in [2.24, 2.45) is 0 Å². The van der Waals surface area contributed by atoms with E-state index in [4.69, 9.17) is 4.74 Å². The van der Waals surface area contributed by atoms with Crippen LogP contribution in [0.1, 0.15) is 29.8 Å². The largest absolute Gasteiger partial charge is 0.508 e. The monoisotopic (exact) mass is 462 g/mol. The summed E-state index contributed by atoms with van der Waals surface area (Å²) < 4.78 is 5.46. The Hall–Kier alpha value is -3.52. The van der Waals surface area contributed by atoms with Gasteiger partial charge in [-0.2, -0.15) is 0 Å². The van der Waals surface area contributed by atoms with E-state index in [2.05, 4.69) is 4.98 Å². The first-order valence-corrected chi connectivity index (χ1v) is 11.5. The van der Waals surface area contributed by atoms with Crippen LogP contribution in [-0.4, -0.2) is 83.0 Å². The van der Waals surface area contributed by atoms with E-state index >= 15 is 0 Å². The summed E-state index contributed by atoms with van der Waals surface area (Å²) in [4.78, 5) is 36.5. The molecule has 0 radical (unpaired) electrons. The number of aromatic nitrogens is 1. The van der Waals surface area contributed by atoms with Gasteiger partial charge in [0, 0.05) is 36.1 Å². The van der Waals surface area contributed by atoms with Gasteiger partial charge in [-0.05, 0) is 62.5 Å². The summed E-state index contributed by atoms with van der Waals surface area (Å²) in [5, 5.41) is 11.2. The molecule has 8 nitrogen and oxygen atoms in total. The maximum Gasteiger partial charge on any atom is 0.249 e. The molecule has 0 aliphatic carbocycles. The lowest BCUT2D eigenvalue weighted by atomic mass is 9.78. The first-order valence-electron chi connectivity index (χ1n) is 11.5. The maximum absolute atomic E-state index is 13.9. The smallest absolute Gasteiger partial charge is 0.249 e. The maximum atomic E-state index is 13.9. The fraction of sp³-hybridized carbons (Fsp3) is 0.385. The third kappa shape index (κ3) is 3.40.